The van der Waals surface area contributed by atoms with Gasteiger partial charge >= 0.3 is 0 Å². The number of rotatable bonds is 7. The molecule has 3 heterocycles. The number of nitrogens with one attached hydrogen (secondary N) is 1. The predicted molar refractivity (Wildman–Crippen MR) is 133 cm³/mol. The molecule has 8 heteroatoms. The maximum atomic E-state index is 13.4. The summed E-state index contributed by atoms with van der Waals surface area (Å²) in [5.41, 5.74) is 10.1. The van der Waals surface area contributed by atoms with Crippen LogP contribution in [0.5, 0.6) is 0 Å². The Morgan fingerprint density at radius 2 is 1.85 bits per heavy atom. The van der Waals surface area contributed by atoms with Gasteiger partial charge in [-0.25, -0.2) is 14.4 Å². The van der Waals surface area contributed by atoms with E-state index in [4.69, 9.17) is 10.7 Å². The molecule has 1 fully saturated rings. The van der Waals surface area contributed by atoms with Crippen molar-refractivity contribution in [2.75, 3.05) is 30.7 Å². The molecule has 3 N–H and O–H groups in total. The van der Waals surface area contributed by atoms with Crippen molar-refractivity contribution >= 4 is 33.5 Å². The van der Waals surface area contributed by atoms with Gasteiger partial charge in [-0.15, -0.1) is 11.3 Å². The third kappa shape index (κ3) is 5.02. The van der Waals surface area contributed by atoms with Gasteiger partial charge in [-0.2, -0.15) is 0 Å². The van der Waals surface area contributed by atoms with E-state index >= 15 is 0 Å². The fraction of sp³-hybridized carbons (Fsp3) is 0.360. The van der Waals surface area contributed by atoms with E-state index in [2.05, 4.69) is 32.8 Å². The zero-order valence-electron chi connectivity index (χ0n) is 18.8. The molecule has 1 aliphatic heterocycles. The van der Waals surface area contributed by atoms with E-state index < -0.39 is 0 Å². The summed E-state index contributed by atoms with van der Waals surface area (Å²) in [6, 6.07) is 15.3. The van der Waals surface area contributed by atoms with E-state index in [9.17, 15) is 4.39 Å². The van der Waals surface area contributed by atoms with Gasteiger partial charge in [0.05, 0.1) is 23.3 Å². The molecule has 0 atom stereocenters. The smallest absolute Gasteiger partial charge is 0.204 e. The maximum absolute atomic E-state index is 13.4. The quantitative estimate of drug-likeness (QED) is 0.415. The van der Waals surface area contributed by atoms with Crippen molar-refractivity contribution in [3.05, 3.63) is 70.5 Å². The van der Waals surface area contributed by atoms with Gasteiger partial charge in [-0.3, -0.25) is 0 Å². The molecule has 6 nitrogen and oxygen atoms in total. The second kappa shape index (κ2) is 9.49. The lowest BCUT2D eigenvalue weighted by Crippen LogP contribution is -2.40. The molecule has 0 saturated carbocycles. The molecule has 0 aliphatic carbocycles. The van der Waals surface area contributed by atoms with Crippen LogP contribution in [0.2, 0.25) is 0 Å². The number of benzene rings is 2. The summed E-state index contributed by atoms with van der Waals surface area (Å²) in [5.74, 6) is 0.667. The van der Waals surface area contributed by atoms with Gasteiger partial charge in [0.25, 0.3) is 0 Å². The molecule has 2 aromatic carbocycles. The van der Waals surface area contributed by atoms with Gasteiger partial charge < -0.3 is 20.5 Å². The Balaban J connectivity index is 1.24. The number of aryl methyl sites for hydroxylation is 1. The molecule has 0 spiro atoms. The summed E-state index contributed by atoms with van der Waals surface area (Å²) in [6.07, 6.45) is 3.08. The van der Waals surface area contributed by atoms with Crippen molar-refractivity contribution in [1.29, 1.82) is 0 Å². The van der Waals surface area contributed by atoms with E-state index in [1.54, 1.807) is 11.3 Å². The number of piperidine rings is 1. The number of anilines is 2. The van der Waals surface area contributed by atoms with Crippen molar-refractivity contribution in [3.63, 3.8) is 0 Å². The first-order valence-corrected chi connectivity index (χ1v) is 12.3. The third-order valence-corrected chi connectivity index (χ3v) is 7.25. The monoisotopic (exact) mass is 464 g/mol. The molecule has 0 amide bonds. The Bertz CT molecular complexity index is 1220. The number of nitrogen functional groups attached to an aromatic ring is 1. The van der Waals surface area contributed by atoms with E-state index in [0.717, 1.165) is 67.1 Å². The zero-order chi connectivity index (χ0) is 22.8. The molecule has 5 rings (SSSR count). The van der Waals surface area contributed by atoms with Crippen LogP contribution in [0.25, 0.3) is 11.0 Å². The fourth-order valence-electron chi connectivity index (χ4n) is 4.55. The molecule has 172 valence electrons. The highest BCUT2D eigenvalue weighted by Gasteiger charge is 2.22. The highest BCUT2D eigenvalue weighted by molar-refractivity contribution is 7.15. The number of likely N-dealkylation sites (tertiary alicyclic amines) is 1. The number of nitrogens with two attached hydrogens (primary N) is 1. The van der Waals surface area contributed by atoms with Gasteiger partial charge in [-0.1, -0.05) is 24.3 Å². The Morgan fingerprint density at radius 1 is 1.09 bits per heavy atom. The van der Waals surface area contributed by atoms with Gasteiger partial charge in [-0.05, 0) is 49.6 Å². The summed E-state index contributed by atoms with van der Waals surface area (Å²) in [5, 5.41) is 4.36. The molecule has 0 bridgehead atoms. The Morgan fingerprint density at radius 3 is 2.58 bits per heavy atom. The number of para-hydroxylation sites is 2. The molecule has 0 unspecified atom stereocenters. The fourth-order valence-corrected chi connectivity index (χ4v) is 5.28. The summed E-state index contributed by atoms with van der Waals surface area (Å²) >= 11 is 1.57. The summed E-state index contributed by atoms with van der Waals surface area (Å²) in [7, 11) is 0. The number of imidazole rings is 1. The standard InChI is InChI=1S/C25H29FN6S/c1-17-21(29-24(27)33-17)12-15-31-13-10-20(11-14-31)28-25-30-22-4-2-3-5-23(22)32(25)16-18-6-8-19(26)9-7-18/h2-9,20H,10-16H2,1H3,(H2,27,29)(H,28,30). The minimum Gasteiger partial charge on any atom is -0.375 e. The first-order chi connectivity index (χ1) is 16.0. The second-order valence-corrected chi connectivity index (χ2v) is 9.94. The minimum absolute atomic E-state index is 0.215. The zero-order valence-corrected chi connectivity index (χ0v) is 19.6. The van der Waals surface area contributed by atoms with Crippen LogP contribution in [0.3, 0.4) is 0 Å². The lowest BCUT2D eigenvalue weighted by molar-refractivity contribution is 0.220. The van der Waals surface area contributed by atoms with Crippen LogP contribution in [0.15, 0.2) is 48.5 Å². The third-order valence-electron chi connectivity index (χ3n) is 6.40. The van der Waals surface area contributed by atoms with Gasteiger partial charge in [0.1, 0.15) is 5.82 Å². The highest BCUT2D eigenvalue weighted by atomic mass is 32.1. The van der Waals surface area contributed by atoms with Gasteiger partial charge in [0.2, 0.25) is 5.95 Å². The number of fused-ring (bicyclic) bond motifs is 1. The topological polar surface area (TPSA) is 72.0 Å². The van der Waals surface area contributed by atoms with Gasteiger partial charge in [0, 0.05) is 37.0 Å². The average Bonchev–Trinajstić information content (AvgIpc) is 3.33. The van der Waals surface area contributed by atoms with Crippen molar-refractivity contribution in [2.45, 2.75) is 38.8 Å². The molecule has 1 saturated heterocycles. The molecule has 2 aromatic heterocycles. The SMILES string of the molecule is Cc1sc(N)nc1CCN1CCC(Nc2nc3ccccc3n2Cc2ccc(F)cc2)CC1. The maximum Gasteiger partial charge on any atom is 0.204 e. The molecule has 4 aromatic rings. The van der Waals surface area contributed by atoms with Crippen molar-refractivity contribution in [1.82, 2.24) is 19.4 Å². The van der Waals surface area contributed by atoms with E-state index in [1.807, 2.05) is 30.3 Å². The molecule has 0 radical (unpaired) electrons. The molecular formula is C25H29FN6S. The number of hydrogen-bond acceptors (Lipinski definition) is 6. The molecule has 1 aliphatic rings. The Hall–Kier alpha value is -2.97. The minimum atomic E-state index is -0.215. The summed E-state index contributed by atoms with van der Waals surface area (Å²) in [6.45, 7) is 5.86. The highest BCUT2D eigenvalue weighted by Crippen LogP contribution is 2.24. The van der Waals surface area contributed by atoms with E-state index in [0.29, 0.717) is 17.7 Å². The number of nitrogens with zero attached hydrogens (tertiary/aromatic N) is 4. The van der Waals surface area contributed by atoms with Gasteiger partial charge in [0.15, 0.2) is 5.13 Å². The van der Waals surface area contributed by atoms with Crippen LogP contribution in [0.4, 0.5) is 15.5 Å². The van der Waals surface area contributed by atoms with Crippen LogP contribution < -0.4 is 11.1 Å². The van der Waals surface area contributed by atoms with Crippen molar-refractivity contribution in [3.8, 4) is 0 Å². The summed E-state index contributed by atoms with van der Waals surface area (Å²) < 4.78 is 15.6. The number of hydrogen-bond donors (Lipinski definition) is 2. The van der Waals surface area contributed by atoms with Crippen LogP contribution in [0.1, 0.15) is 29.0 Å². The predicted octanol–water partition coefficient (Wildman–Crippen LogP) is 4.69. The molecule has 33 heavy (non-hydrogen) atoms. The average molecular weight is 465 g/mol. The van der Waals surface area contributed by atoms with Crippen molar-refractivity contribution in [2.24, 2.45) is 0 Å². The lowest BCUT2D eigenvalue weighted by atomic mass is 10.0. The lowest BCUT2D eigenvalue weighted by Gasteiger charge is -2.32. The first-order valence-electron chi connectivity index (χ1n) is 11.5. The Labute approximate surface area is 197 Å². The Kier molecular flexibility index (Phi) is 6.28. The van der Waals surface area contributed by atoms with E-state index in [1.165, 1.54) is 17.0 Å². The summed E-state index contributed by atoms with van der Waals surface area (Å²) in [4.78, 5) is 13.1. The van der Waals surface area contributed by atoms with Crippen molar-refractivity contribution < 1.29 is 4.39 Å². The number of halogens is 1. The van der Waals surface area contributed by atoms with Crippen LogP contribution in [-0.2, 0) is 13.0 Å². The second-order valence-electron chi connectivity index (χ2n) is 8.70. The van der Waals surface area contributed by atoms with Crippen LogP contribution in [-0.4, -0.2) is 45.1 Å². The first kappa shape index (κ1) is 21.9. The largest absolute Gasteiger partial charge is 0.375 e. The number of aromatic nitrogens is 3. The number of thiazole rings is 1. The normalized spacial score (nSPS) is 15.3. The van der Waals surface area contributed by atoms with Crippen LogP contribution >= 0.6 is 11.3 Å². The van der Waals surface area contributed by atoms with E-state index in [-0.39, 0.29) is 5.82 Å². The molecular weight excluding hydrogens is 435 g/mol. The van der Waals surface area contributed by atoms with Crippen LogP contribution in [0, 0.1) is 12.7 Å².